The van der Waals surface area contributed by atoms with Crippen LogP contribution in [0.15, 0.2) is 29.3 Å². The summed E-state index contributed by atoms with van der Waals surface area (Å²) in [6.07, 6.45) is -1.06. The Labute approximate surface area is 204 Å². The molecule has 0 aliphatic carbocycles. The Morgan fingerprint density at radius 2 is 1.97 bits per heavy atom. The van der Waals surface area contributed by atoms with Crippen molar-refractivity contribution in [2.75, 3.05) is 33.2 Å². The van der Waals surface area contributed by atoms with Crippen molar-refractivity contribution in [3.63, 3.8) is 0 Å². The predicted molar refractivity (Wildman–Crippen MR) is 130 cm³/mol. The number of hydrogen-bond donors (Lipinski definition) is 3. The molecule has 0 saturated carbocycles. The number of nitrogens with one attached hydrogen (secondary N) is 3. The second-order valence-electron chi connectivity index (χ2n) is 8.35. The first-order chi connectivity index (χ1) is 14.8. The van der Waals surface area contributed by atoms with Gasteiger partial charge >= 0.3 is 6.18 Å². The molecule has 2 saturated heterocycles. The molecule has 6 nitrogen and oxygen atoms in total. The normalized spacial score (nSPS) is 25.0. The van der Waals surface area contributed by atoms with Crippen molar-refractivity contribution in [1.82, 2.24) is 20.9 Å². The van der Waals surface area contributed by atoms with Crippen LogP contribution in [0.2, 0.25) is 0 Å². The lowest BCUT2D eigenvalue weighted by atomic mass is 9.84. The molecule has 32 heavy (non-hydrogen) atoms. The summed E-state index contributed by atoms with van der Waals surface area (Å²) in [5.74, 6) is 0.990. The molecule has 1 amide bonds. The SMILES string of the molecule is CCNC(=NCC1CCCN(C)C1c1ccc(C(F)(F)F)cc1)NC1CCC(=O)NC1.I. The zero-order valence-corrected chi connectivity index (χ0v) is 20.9. The highest BCUT2D eigenvalue weighted by atomic mass is 127. The molecule has 0 bridgehead atoms. The van der Waals surface area contributed by atoms with E-state index in [0.29, 0.717) is 25.5 Å². The van der Waals surface area contributed by atoms with E-state index in [0.717, 1.165) is 37.9 Å². The summed E-state index contributed by atoms with van der Waals surface area (Å²) in [6, 6.07) is 5.69. The number of piperidine rings is 2. The Bertz CT molecular complexity index is 762. The number of rotatable bonds is 5. The van der Waals surface area contributed by atoms with Crippen LogP contribution in [-0.4, -0.2) is 56.0 Å². The van der Waals surface area contributed by atoms with Crippen LogP contribution >= 0.6 is 24.0 Å². The van der Waals surface area contributed by atoms with Gasteiger partial charge in [-0.1, -0.05) is 12.1 Å². The molecule has 2 fully saturated rings. The largest absolute Gasteiger partial charge is 0.416 e. The fourth-order valence-electron chi connectivity index (χ4n) is 4.42. The van der Waals surface area contributed by atoms with Gasteiger partial charge in [0.25, 0.3) is 0 Å². The van der Waals surface area contributed by atoms with Crippen molar-refractivity contribution >= 4 is 35.8 Å². The van der Waals surface area contributed by atoms with Crippen molar-refractivity contribution in [2.24, 2.45) is 10.9 Å². The summed E-state index contributed by atoms with van der Waals surface area (Å²) < 4.78 is 38.8. The Kier molecular flexibility index (Phi) is 10.1. The summed E-state index contributed by atoms with van der Waals surface area (Å²) >= 11 is 0. The molecule has 1 aromatic rings. The van der Waals surface area contributed by atoms with E-state index < -0.39 is 11.7 Å². The molecule has 0 radical (unpaired) electrons. The van der Waals surface area contributed by atoms with Gasteiger partial charge in [0.05, 0.1) is 5.56 Å². The Morgan fingerprint density at radius 3 is 2.56 bits per heavy atom. The highest BCUT2D eigenvalue weighted by molar-refractivity contribution is 14.0. The van der Waals surface area contributed by atoms with Crippen molar-refractivity contribution < 1.29 is 18.0 Å². The molecule has 3 rings (SSSR count). The molecule has 3 N–H and O–H groups in total. The van der Waals surface area contributed by atoms with Crippen LogP contribution in [0.5, 0.6) is 0 Å². The van der Waals surface area contributed by atoms with Crippen LogP contribution in [0.1, 0.15) is 49.8 Å². The Balaban J connectivity index is 0.00000363. The molecule has 10 heteroatoms. The van der Waals surface area contributed by atoms with Gasteiger partial charge in [-0.3, -0.25) is 14.7 Å². The van der Waals surface area contributed by atoms with Gasteiger partial charge in [0, 0.05) is 38.1 Å². The van der Waals surface area contributed by atoms with E-state index in [4.69, 9.17) is 4.99 Å². The average molecular weight is 567 g/mol. The van der Waals surface area contributed by atoms with E-state index in [9.17, 15) is 18.0 Å². The third kappa shape index (κ3) is 7.23. The van der Waals surface area contributed by atoms with Crippen molar-refractivity contribution in [1.29, 1.82) is 0 Å². The van der Waals surface area contributed by atoms with Gasteiger partial charge < -0.3 is 16.0 Å². The number of carbonyl (C=O) groups is 1. The first-order valence-electron chi connectivity index (χ1n) is 11.0. The lowest BCUT2D eigenvalue weighted by Gasteiger charge is -2.39. The molecule has 3 unspecified atom stereocenters. The molecule has 0 spiro atoms. The number of aliphatic imine (C=N–C) groups is 1. The number of amides is 1. The molecule has 2 aliphatic heterocycles. The first-order valence-corrected chi connectivity index (χ1v) is 11.0. The molecule has 0 aromatic heterocycles. The standard InChI is InChI=1S/C22H32F3N5O.HI/c1-3-26-21(29-18-10-11-19(31)27-14-18)28-13-16-5-4-12-30(2)20(16)15-6-8-17(9-7-15)22(23,24)25;/h6-9,16,18,20H,3-5,10-14H2,1-2H3,(H,27,31)(H2,26,28,29);1H. The zero-order valence-electron chi connectivity index (χ0n) is 18.5. The quantitative estimate of drug-likeness (QED) is 0.290. The molecule has 1 aromatic carbocycles. The molecule has 180 valence electrons. The molecule has 2 aliphatic rings. The van der Waals surface area contributed by atoms with E-state index >= 15 is 0 Å². The average Bonchev–Trinajstić information content (AvgIpc) is 2.73. The maximum Gasteiger partial charge on any atom is 0.416 e. The van der Waals surface area contributed by atoms with Crippen LogP contribution in [0.25, 0.3) is 0 Å². The van der Waals surface area contributed by atoms with Gasteiger partial charge in [-0.05, 0) is 63.4 Å². The fourth-order valence-corrected chi connectivity index (χ4v) is 4.42. The third-order valence-electron chi connectivity index (χ3n) is 6.02. The highest BCUT2D eigenvalue weighted by Crippen LogP contribution is 2.37. The van der Waals surface area contributed by atoms with E-state index in [1.807, 2.05) is 14.0 Å². The van der Waals surface area contributed by atoms with Crippen molar-refractivity contribution in [2.45, 2.75) is 50.9 Å². The number of hydrogen-bond acceptors (Lipinski definition) is 3. The second kappa shape index (κ2) is 12.1. The van der Waals surface area contributed by atoms with Gasteiger partial charge in [-0.2, -0.15) is 13.2 Å². The van der Waals surface area contributed by atoms with Crippen LogP contribution in [0.3, 0.4) is 0 Å². The van der Waals surface area contributed by atoms with Crippen molar-refractivity contribution in [3.05, 3.63) is 35.4 Å². The number of halogens is 4. The van der Waals surface area contributed by atoms with Crippen LogP contribution in [0.4, 0.5) is 13.2 Å². The summed E-state index contributed by atoms with van der Waals surface area (Å²) in [5.41, 5.74) is 0.269. The summed E-state index contributed by atoms with van der Waals surface area (Å²) in [5, 5.41) is 9.51. The Morgan fingerprint density at radius 1 is 1.25 bits per heavy atom. The summed E-state index contributed by atoms with van der Waals surface area (Å²) in [6.45, 7) is 4.77. The van der Waals surface area contributed by atoms with Gasteiger partial charge in [0.15, 0.2) is 5.96 Å². The number of carbonyl (C=O) groups excluding carboxylic acids is 1. The maximum atomic E-state index is 12.9. The van der Waals surface area contributed by atoms with Crippen molar-refractivity contribution in [3.8, 4) is 0 Å². The monoisotopic (exact) mass is 567 g/mol. The number of guanidine groups is 1. The van der Waals surface area contributed by atoms with Crippen LogP contribution in [0, 0.1) is 5.92 Å². The predicted octanol–water partition coefficient (Wildman–Crippen LogP) is 3.54. The number of alkyl halides is 3. The molecular weight excluding hydrogens is 534 g/mol. The lowest BCUT2D eigenvalue weighted by Crippen LogP contribution is -2.51. The second-order valence-corrected chi connectivity index (χ2v) is 8.35. The molecule has 3 atom stereocenters. The van der Waals surface area contributed by atoms with E-state index in [1.165, 1.54) is 12.1 Å². The van der Waals surface area contributed by atoms with Crippen LogP contribution < -0.4 is 16.0 Å². The van der Waals surface area contributed by atoms with E-state index in [2.05, 4.69) is 20.9 Å². The molecule has 2 heterocycles. The topological polar surface area (TPSA) is 68.8 Å². The summed E-state index contributed by atoms with van der Waals surface area (Å²) in [4.78, 5) is 18.4. The van der Waals surface area contributed by atoms with Gasteiger partial charge in [0.1, 0.15) is 0 Å². The third-order valence-corrected chi connectivity index (χ3v) is 6.02. The Hall–Kier alpha value is -1.56. The number of nitrogens with zero attached hydrogens (tertiary/aromatic N) is 2. The zero-order chi connectivity index (χ0) is 22.4. The maximum absolute atomic E-state index is 12.9. The smallest absolute Gasteiger partial charge is 0.357 e. The minimum Gasteiger partial charge on any atom is -0.357 e. The minimum absolute atomic E-state index is 0. The molecular formula is C22H33F3IN5O. The van der Waals surface area contributed by atoms with Gasteiger partial charge in [-0.25, -0.2) is 0 Å². The van der Waals surface area contributed by atoms with Gasteiger partial charge in [-0.15, -0.1) is 24.0 Å². The fraction of sp³-hybridized carbons (Fsp3) is 0.636. The lowest BCUT2D eigenvalue weighted by molar-refractivity contribution is -0.137. The number of benzene rings is 1. The minimum atomic E-state index is -4.33. The highest BCUT2D eigenvalue weighted by Gasteiger charge is 2.33. The summed E-state index contributed by atoms with van der Waals surface area (Å²) in [7, 11) is 2.02. The van der Waals surface area contributed by atoms with E-state index in [1.54, 1.807) is 12.1 Å². The van der Waals surface area contributed by atoms with Crippen LogP contribution in [-0.2, 0) is 11.0 Å². The van der Waals surface area contributed by atoms with Gasteiger partial charge in [0.2, 0.25) is 5.91 Å². The van der Waals surface area contributed by atoms with E-state index in [-0.39, 0.29) is 47.9 Å². The number of likely N-dealkylation sites (tertiary alicyclic amines) is 1. The first kappa shape index (κ1) is 26.7.